The van der Waals surface area contributed by atoms with Gasteiger partial charge in [0.1, 0.15) is 171 Å². The molecule has 35 heteroatoms. The van der Waals surface area contributed by atoms with Crippen LogP contribution in [0.25, 0.3) is 0 Å². The smallest absolute Gasteiger partial charge is 0.187 e. The first-order chi connectivity index (χ1) is 36.7. The van der Waals surface area contributed by atoms with E-state index in [1.165, 1.54) is 0 Å². The molecule has 0 amide bonds. The zero-order chi connectivity index (χ0) is 56.1. The average Bonchev–Trinajstić information content (AvgIpc) is 3.45. The maximum absolute atomic E-state index is 11.3. The van der Waals surface area contributed by atoms with Gasteiger partial charge >= 0.3 is 0 Å². The van der Waals surface area contributed by atoms with Crippen molar-refractivity contribution < 1.29 is 174 Å². The highest BCUT2D eigenvalue weighted by Gasteiger charge is 2.59. The van der Waals surface area contributed by atoms with Crippen molar-refractivity contribution >= 4 is 0 Å². The lowest BCUT2D eigenvalue weighted by Gasteiger charge is -2.50. The molecule has 21 saturated heterocycles. The minimum Gasteiger partial charge on any atom is -0.394 e. The number of ether oxygens (including phenoxy) is 14. The highest BCUT2D eigenvalue weighted by Crippen LogP contribution is 2.39. The number of hydrogen-bond donors (Lipinski definition) is 21. The number of hydrogen-bond acceptors (Lipinski definition) is 35. The Balaban J connectivity index is 1.08. The van der Waals surface area contributed by atoms with Gasteiger partial charge in [-0.2, -0.15) is 0 Å². The summed E-state index contributed by atoms with van der Waals surface area (Å²) in [5, 5.41) is 230. The van der Waals surface area contributed by atoms with Gasteiger partial charge in [-0.05, 0) is 0 Å². The maximum atomic E-state index is 11.3. The summed E-state index contributed by atoms with van der Waals surface area (Å²) >= 11 is 0. The molecule has 0 saturated carbocycles. The van der Waals surface area contributed by atoms with Crippen molar-refractivity contribution in [2.45, 2.75) is 215 Å². The Morgan fingerprint density at radius 2 is 0.260 bits per heavy atom. The maximum Gasteiger partial charge on any atom is 0.187 e. The van der Waals surface area contributed by atoms with Crippen molar-refractivity contribution in [3.05, 3.63) is 0 Å². The highest BCUT2D eigenvalue weighted by molar-refractivity contribution is 5.01. The first-order valence-corrected chi connectivity index (χ1v) is 24.6. The second-order valence-electron chi connectivity index (χ2n) is 19.7. The SMILES string of the molecule is OC[C@H]1OC2O[C@H]3[C@H](O)[C@@H](O)C(OC4[C@@H](CO)OC(O[C@H]5[C@H](O)[C@@H](O)C(O[C@H]6[C@H](O)[C@@H](O)C(O[C@H]7[C@H](O)[C@@H](O)C(O[C@H]8[C@H](O)C(O)C(OC1[C@H](O)[C@H]2O)O[C@@H]8CO)O[C@@H]7CO)O[C@@H]6CO)O[C@@H]5CO)[C@H](O)[C@H]4O)O[C@@H]3CO. The zero-order valence-corrected chi connectivity index (χ0v) is 40.3. The summed E-state index contributed by atoms with van der Waals surface area (Å²) in [4.78, 5) is 0. The fourth-order valence-corrected chi connectivity index (χ4v) is 10.4. The molecule has 21 N–H and O–H groups in total. The Bertz CT molecular complexity index is 1470. The molecule has 21 aliphatic rings. The molecule has 0 aromatic carbocycles. The molecule has 0 radical (unpaired) electrons. The highest BCUT2D eigenvalue weighted by atomic mass is 16.8. The lowest BCUT2D eigenvalue weighted by molar-refractivity contribution is -0.396. The molecule has 21 aliphatic heterocycles. The van der Waals surface area contributed by atoms with Crippen LogP contribution in [0, 0.1) is 0 Å². The van der Waals surface area contributed by atoms with E-state index in [1.807, 2.05) is 0 Å². The monoisotopic (exact) mass is 1130 g/mol. The lowest BCUT2D eigenvalue weighted by Crippen LogP contribution is -2.68. The van der Waals surface area contributed by atoms with E-state index < -0.39 is 261 Å². The van der Waals surface area contributed by atoms with E-state index in [0.717, 1.165) is 0 Å². The molecular weight excluding hydrogens is 1060 g/mol. The molecule has 0 aromatic heterocycles. The Morgan fingerprint density at radius 1 is 0.156 bits per heavy atom. The summed E-state index contributed by atoms with van der Waals surface area (Å²) in [6.45, 7) is -7.33. The first-order valence-electron chi connectivity index (χ1n) is 24.6. The Kier molecular flexibility index (Phi) is 20.8. The zero-order valence-electron chi connectivity index (χ0n) is 40.3. The van der Waals surface area contributed by atoms with Gasteiger partial charge < -0.3 is 174 Å². The van der Waals surface area contributed by atoms with Gasteiger partial charge in [-0.15, -0.1) is 0 Å². The third-order valence-electron chi connectivity index (χ3n) is 14.8. The summed E-state index contributed by atoms with van der Waals surface area (Å²) in [7, 11) is 0. The molecule has 0 aromatic rings. The summed E-state index contributed by atoms with van der Waals surface area (Å²) in [6.07, 6.45) is -70.2. The quantitative estimate of drug-likeness (QED) is 0.113. The van der Waals surface area contributed by atoms with Gasteiger partial charge in [0.2, 0.25) is 0 Å². The van der Waals surface area contributed by atoms with Gasteiger partial charge in [-0.25, -0.2) is 0 Å². The van der Waals surface area contributed by atoms with Crippen LogP contribution in [0.2, 0.25) is 0 Å². The third kappa shape index (κ3) is 12.1. The summed E-state index contributed by atoms with van der Waals surface area (Å²) in [6, 6.07) is 0. The Labute approximate surface area is 434 Å². The van der Waals surface area contributed by atoms with E-state index in [4.69, 9.17) is 66.3 Å². The van der Waals surface area contributed by atoms with Gasteiger partial charge in [0.25, 0.3) is 0 Å². The van der Waals surface area contributed by atoms with E-state index >= 15 is 0 Å². The minimum atomic E-state index is -2.21. The predicted octanol–water partition coefficient (Wildman–Crippen LogP) is -15.2. The van der Waals surface area contributed by atoms with Crippen LogP contribution in [0.5, 0.6) is 0 Å². The van der Waals surface area contributed by atoms with E-state index in [-0.39, 0.29) is 0 Å². The Hall–Kier alpha value is -1.40. The molecule has 77 heavy (non-hydrogen) atoms. The number of aliphatic hydroxyl groups excluding tert-OH is 21. The van der Waals surface area contributed by atoms with E-state index in [0.29, 0.717) is 0 Å². The summed E-state index contributed by atoms with van der Waals surface area (Å²) in [5.41, 5.74) is 0. The molecule has 14 bridgehead atoms. The predicted molar refractivity (Wildman–Crippen MR) is 228 cm³/mol. The standard InChI is InChI=1S/C42H70O35/c43-1-8-29-15(50)22(57)36(64-8)72-30-9(2-44)66-38(24(59)17(30)52)74-32-11(4-46)68-40(26(61)19(32)54)76-34-13(6-48)70-42(28(63)21(34)56)77-35-14(7-49)69-41(27(62)20(35)55)75-33-12(5-47)67-39(25(60)18(33)53)73-31-10(3-45)65-37(71-29)23(58)16(31)51/h8-63H,1-7H2/t8-,9-,10-,11-,12-,13-,14-,15-,16-,17-,18-,19-,20-,21-,22-,23-,24-,25-,26-,27-,28?,29-,30-,31?,32-,33-,34-,35?,36?,37?,38?,39?,40?,41?,42?/m1/s1. The van der Waals surface area contributed by atoms with Crippen molar-refractivity contribution in [2.75, 3.05) is 46.2 Å². The number of rotatable bonds is 7. The van der Waals surface area contributed by atoms with Crippen LogP contribution in [-0.2, 0) is 66.3 Å². The molecule has 0 aliphatic carbocycles. The van der Waals surface area contributed by atoms with E-state index in [1.54, 1.807) is 0 Å². The molecule has 35 nitrogen and oxygen atoms in total. The first kappa shape index (κ1) is 61.7. The van der Waals surface area contributed by atoms with Crippen LogP contribution in [0.1, 0.15) is 0 Å². The van der Waals surface area contributed by atoms with Crippen LogP contribution in [-0.4, -0.2) is 368 Å². The van der Waals surface area contributed by atoms with Gasteiger partial charge in [-0.3, -0.25) is 0 Å². The van der Waals surface area contributed by atoms with Crippen molar-refractivity contribution in [1.82, 2.24) is 0 Å². The van der Waals surface area contributed by atoms with Crippen LogP contribution in [0.3, 0.4) is 0 Å². The fraction of sp³-hybridized carbons (Fsp3) is 1.00. The summed E-state index contributed by atoms with van der Waals surface area (Å²) in [5.74, 6) is 0. The molecule has 21 heterocycles. The molecule has 448 valence electrons. The topological polar surface area (TPSA) is 554 Å². The lowest BCUT2D eigenvalue weighted by atomic mass is 9.95. The molecule has 21 fully saturated rings. The molecular formula is C42H70O35. The second kappa shape index (κ2) is 26.0. The van der Waals surface area contributed by atoms with Crippen LogP contribution >= 0.6 is 0 Å². The van der Waals surface area contributed by atoms with Gasteiger partial charge in [0.15, 0.2) is 44.0 Å². The fourth-order valence-electron chi connectivity index (χ4n) is 10.4. The van der Waals surface area contributed by atoms with Crippen molar-refractivity contribution in [3.8, 4) is 0 Å². The summed E-state index contributed by atoms with van der Waals surface area (Å²) < 4.78 is 79.5. The number of aliphatic hydroxyl groups is 21. The molecule has 21 rings (SSSR count). The van der Waals surface area contributed by atoms with Gasteiger partial charge in [0, 0.05) is 0 Å². The molecule has 10 unspecified atom stereocenters. The van der Waals surface area contributed by atoms with E-state index in [9.17, 15) is 107 Å². The van der Waals surface area contributed by atoms with Crippen LogP contribution in [0.15, 0.2) is 0 Å². The normalized spacial score (nSPS) is 55.4. The second-order valence-corrected chi connectivity index (χ2v) is 19.7. The third-order valence-corrected chi connectivity index (χ3v) is 14.8. The largest absolute Gasteiger partial charge is 0.394 e. The Morgan fingerprint density at radius 3 is 0.351 bits per heavy atom. The van der Waals surface area contributed by atoms with Crippen molar-refractivity contribution in [1.29, 1.82) is 0 Å². The van der Waals surface area contributed by atoms with Crippen molar-refractivity contribution in [3.63, 3.8) is 0 Å². The average molecular weight is 1130 g/mol. The van der Waals surface area contributed by atoms with Gasteiger partial charge in [-0.1, -0.05) is 0 Å². The van der Waals surface area contributed by atoms with Gasteiger partial charge in [0.05, 0.1) is 46.2 Å². The van der Waals surface area contributed by atoms with Crippen LogP contribution in [0.4, 0.5) is 0 Å². The molecule has 35 atom stereocenters. The molecule has 0 spiro atoms. The van der Waals surface area contributed by atoms with E-state index in [2.05, 4.69) is 0 Å². The minimum absolute atomic E-state index is 1.05. The van der Waals surface area contributed by atoms with Crippen molar-refractivity contribution in [2.24, 2.45) is 0 Å². The van der Waals surface area contributed by atoms with Crippen LogP contribution < -0.4 is 0 Å².